The van der Waals surface area contributed by atoms with Gasteiger partial charge in [0.05, 0.1) is 13.2 Å². The summed E-state index contributed by atoms with van der Waals surface area (Å²) in [6, 6.07) is -0.538. The minimum atomic E-state index is -0.538. The number of hydrogen-bond donors (Lipinski definition) is 1. The first-order chi connectivity index (χ1) is 8.49. The molecule has 0 spiro atoms. The molecule has 2 N–H and O–H groups in total. The van der Waals surface area contributed by atoms with Crippen molar-refractivity contribution in [3.05, 3.63) is 0 Å². The molecule has 0 heterocycles. The fraction of sp³-hybridized carbons (Fsp3) is 0.846. The number of carbonyl (C=O) groups is 2. The molecule has 1 atom stereocenters. The molecule has 0 aromatic rings. The lowest BCUT2D eigenvalue weighted by Crippen LogP contribution is -2.47. The number of nitrogens with two attached hydrogens (primary N) is 1. The van der Waals surface area contributed by atoms with Crippen molar-refractivity contribution >= 4 is 11.9 Å². The van der Waals surface area contributed by atoms with E-state index in [0.717, 1.165) is 12.8 Å². The SMILES string of the molecule is CCC(CC)CN(CC(=O)OC)C(=O)C(N)CC. The Kier molecular flexibility index (Phi) is 8.37. The molecule has 1 amide bonds. The normalized spacial score (nSPS) is 12.3. The predicted octanol–water partition coefficient (Wildman–Crippen LogP) is 1.16. The van der Waals surface area contributed by atoms with Gasteiger partial charge in [0.25, 0.3) is 0 Å². The molecule has 0 aromatic heterocycles. The highest BCUT2D eigenvalue weighted by Gasteiger charge is 2.24. The molecule has 5 heteroatoms. The zero-order valence-corrected chi connectivity index (χ0v) is 11.9. The van der Waals surface area contributed by atoms with Gasteiger partial charge in [-0.05, 0) is 12.3 Å². The Morgan fingerprint density at radius 1 is 1.17 bits per heavy atom. The van der Waals surface area contributed by atoms with E-state index in [1.165, 1.54) is 12.0 Å². The Morgan fingerprint density at radius 3 is 2.11 bits per heavy atom. The highest BCUT2D eigenvalue weighted by Crippen LogP contribution is 2.11. The van der Waals surface area contributed by atoms with E-state index in [0.29, 0.717) is 18.9 Å². The first-order valence-corrected chi connectivity index (χ1v) is 6.61. The molecule has 106 valence electrons. The van der Waals surface area contributed by atoms with Gasteiger partial charge in [0.1, 0.15) is 6.54 Å². The van der Waals surface area contributed by atoms with Crippen molar-refractivity contribution in [2.24, 2.45) is 11.7 Å². The topological polar surface area (TPSA) is 72.6 Å². The molecule has 0 saturated heterocycles. The number of nitrogens with zero attached hydrogens (tertiary/aromatic N) is 1. The van der Waals surface area contributed by atoms with Crippen LogP contribution in [0.25, 0.3) is 0 Å². The van der Waals surface area contributed by atoms with Gasteiger partial charge in [0, 0.05) is 6.54 Å². The number of esters is 1. The molecule has 0 aliphatic rings. The average Bonchev–Trinajstić information content (AvgIpc) is 2.41. The highest BCUT2D eigenvalue weighted by molar-refractivity contribution is 5.85. The van der Waals surface area contributed by atoms with Crippen molar-refractivity contribution in [1.29, 1.82) is 0 Å². The van der Waals surface area contributed by atoms with Crippen molar-refractivity contribution < 1.29 is 14.3 Å². The van der Waals surface area contributed by atoms with Crippen LogP contribution in [0.4, 0.5) is 0 Å². The molecule has 0 rings (SSSR count). The number of carbonyl (C=O) groups excluding carboxylic acids is 2. The van der Waals surface area contributed by atoms with Crippen LogP contribution in [-0.2, 0) is 14.3 Å². The van der Waals surface area contributed by atoms with Gasteiger partial charge in [-0.1, -0.05) is 33.6 Å². The van der Waals surface area contributed by atoms with Gasteiger partial charge < -0.3 is 15.4 Å². The second-order valence-corrected chi connectivity index (χ2v) is 4.49. The van der Waals surface area contributed by atoms with Crippen molar-refractivity contribution in [3.63, 3.8) is 0 Å². The molecule has 0 saturated carbocycles. The molecule has 0 aliphatic carbocycles. The average molecular weight is 258 g/mol. The van der Waals surface area contributed by atoms with Crippen molar-refractivity contribution in [2.75, 3.05) is 20.2 Å². The smallest absolute Gasteiger partial charge is 0.325 e. The van der Waals surface area contributed by atoms with E-state index in [2.05, 4.69) is 18.6 Å². The van der Waals surface area contributed by atoms with Crippen LogP contribution in [0.1, 0.15) is 40.0 Å². The fourth-order valence-corrected chi connectivity index (χ4v) is 1.72. The van der Waals surface area contributed by atoms with Crippen LogP contribution in [0.3, 0.4) is 0 Å². The molecule has 0 bridgehead atoms. The summed E-state index contributed by atoms with van der Waals surface area (Å²) in [5, 5.41) is 0. The molecule has 1 unspecified atom stereocenters. The zero-order chi connectivity index (χ0) is 14.1. The quantitative estimate of drug-likeness (QED) is 0.663. The fourth-order valence-electron chi connectivity index (χ4n) is 1.72. The lowest BCUT2D eigenvalue weighted by Gasteiger charge is -2.27. The molecular formula is C13H26N2O3. The van der Waals surface area contributed by atoms with Crippen molar-refractivity contribution in [1.82, 2.24) is 4.90 Å². The minimum Gasteiger partial charge on any atom is -0.468 e. The number of amides is 1. The Balaban J connectivity index is 4.70. The molecule has 0 radical (unpaired) electrons. The summed E-state index contributed by atoms with van der Waals surface area (Å²) in [7, 11) is 1.32. The lowest BCUT2D eigenvalue weighted by atomic mass is 10.0. The predicted molar refractivity (Wildman–Crippen MR) is 70.9 cm³/mol. The Hall–Kier alpha value is -1.10. The number of rotatable bonds is 8. The van der Waals surface area contributed by atoms with Crippen LogP contribution in [0.15, 0.2) is 0 Å². The molecule has 5 nitrogen and oxygen atoms in total. The summed E-state index contributed by atoms with van der Waals surface area (Å²) in [6.07, 6.45) is 2.52. The van der Waals surface area contributed by atoms with Crippen LogP contribution in [0.2, 0.25) is 0 Å². The van der Waals surface area contributed by atoms with Crippen molar-refractivity contribution in [2.45, 2.75) is 46.1 Å². The van der Waals surface area contributed by atoms with Crippen molar-refractivity contribution in [3.8, 4) is 0 Å². The van der Waals surface area contributed by atoms with Crippen LogP contribution < -0.4 is 5.73 Å². The summed E-state index contributed by atoms with van der Waals surface area (Å²) >= 11 is 0. The van der Waals surface area contributed by atoms with Gasteiger partial charge in [0.2, 0.25) is 5.91 Å². The number of methoxy groups -OCH3 is 1. The molecule has 18 heavy (non-hydrogen) atoms. The van der Waals surface area contributed by atoms with Crippen LogP contribution in [0, 0.1) is 5.92 Å². The van der Waals surface area contributed by atoms with Gasteiger partial charge in [-0.15, -0.1) is 0 Å². The Bertz CT molecular complexity index is 265. The third kappa shape index (κ3) is 5.49. The summed E-state index contributed by atoms with van der Waals surface area (Å²) in [4.78, 5) is 25.0. The maximum absolute atomic E-state index is 12.1. The van der Waals surface area contributed by atoms with E-state index in [9.17, 15) is 9.59 Å². The second kappa shape index (κ2) is 8.91. The number of ether oxygens (including phenoxy) is 1. The Morgan fingerprint density at radius 2 is 1.72 bits per heavy atom. The van der Waals surface area contributed by atoms with Crippen LogP contribution in [0.5, 0.6) is 0 Å². The third-order valence-corrected chi connectivity index (χ3v) is 3.25. The van der Waals surface area contributed by atoms with E-state index >= 15 is 0 Å². The third-order valence-electron chi connectivity index (χ3n) is 3.25. The first-order valence-electron chi connectivity index (χ1n) is 6.61. The van der Waals surface area contributed by atoms with Gasteiger partial charge in [0.15, 0.2) is 0 Å². The lowest BCUT2D eigenvalue weighted by molar-refractivity contribution is -0.147. The van der Waals surface area contributed by atoms with Gasteiger partial charge >= 0.3 is 5.97 Å². The standard InChI is InChI=1S/C13H26N2O3/c1-5-10(6-2)8-15(9-12(16)18-4)13(17)11(14)7-3/h10-11H,5-9,14H2,1-4H3. The number of hydrogen-bond acceptors (Lipinski definition) is 4. The van der Waals surface area contributed by atoms with Gasteiger partial charge in [-0.25, -0.2) is 0 Å². The maximum atomic E-state index is 12.1. The van der Waals surface area contributed by atoms with E-state index in [-0.39, 0.29) is 12.5 Å². The molecular weight excluding hydrogens is 232 g/mol. The van der Waals surface area contributed by atoms with Crippen LogP contribution in [-0.4, -0.2) is 43.0 Å². The monoisotopic (exact) mass is 258 g/mol. The van der Waals surface area contributed by atoms with Gasteiger partial charge in [-0.3, -0.25) is 9.59 Å². The summed E-state index contributed by atoms with van der Waals surface area (Å²) in [5.74, 6) is -0.185. The van der Waals surface area contributed by atoms with Gasteiger partial charge in [-0.2, -0.15) is 0 Å². The zero-order valence-electron chi connectivity index (χ0n) is 11.9. The van der Waals surface area contributed by atoms with E-state index in [1.54, 1.807) is 0 Å². The largest absolute Gasteiger partial charge is 0.468 e. The minimum absolute atomic E-state index is 0.0144. The van der Waals surface area contributed by atoms with E-state index in [1.807, 2.05) is 6.92 Å². The molecule has 0 aliphatic heterocycles. The Labute approximate surface area is 110 Å². The van der Waals surface area contributed by atoms with E-state index in [4.69, 9.17) is 5.73 Å². The van der Waals surface area contributed by atoms with E-state index < -0.39 is 12.0 Å². The maximum Gasteiger partial charge on any atom is 0.325 e. The summed E-state index contributed by atoms with van der Waals surface area (Å²) in [6.45, 7) is 6.56. The second-order valence-electron chi connectivity index (χ2n) is 4.49. The highest BCUT2D eigenvalue weighted by atomic mass is 16.5. The summed E-state index contributed by atoms with van der Waals surface area (Å²) in [5.41, 5.74) is 5.75. The first kappa shape index (κ1) is 16.9. The molecule has 0 fully saturated rings. The molecule has 0 aromatic carbocycles. The summed E-state index contributed by atoms with van der Waals surface area (Å²) < 4.78 is 4.62. The van der Waals surface area contributed by atoms with Crippen LogP contribution >= 0.6 is 0 Å².